The molecule has 0 saturated carbocycles. The third kappa shape index (κ3) is 3.16. The number of aromatic amines is 1. The summed E-state index contributed by atoms with van der Waals surface area (Å²) in [7, 11) is 0. The van der Waals surface area contributed by atoms with E-state index in [2.05, 4.69) is 16.5 Å². The molecule has 0 radical (unpaired) electrons. The van der Waals surface area contributed by atoms with Crippen LogP contribution in [0.15, 0.2) is 49.0 Å². The van der Waals surface area contributed by atoms with Gasteiger partial charge in [0.05, 0.1) is 17.6 Å². The van der Waals surface area contributed by atoms with E-state index in [1.807, 2.05) is 43.3 Å². The van der Waals surface area contributed by atoms with Crippen LogP contribution in [0, 0.1) is 12.7 Å². The van der Waals surface area contributed by atoms with Crippen LogP contribution in [-0.4, -0.2) is 15.9 Å². The number of carbonyl (C=O) groups excluding carboxylic acids is 1. The fraction of sp³-hybridized carbons (Fsp3) is 0.130. The van der Waals surface area contributed by atoms with Crippen molar-refractivity contribution in [3.8, 4) is 0 Å². The second kappa shape index (κ2) is 6.93. The molecule has 2 aromatic heterocycles. The zero-order valence-electron chi connectivity index (χ0n) is 15.6. The van der Waals surface area contributed by atoms with Gasteiger partial charge in [-0.2, -0.15) is 0 Å². The van der Waals surface area contributed by atoms with Crippen molar-refractivity contribution in [2.45, 2.75) is 19.8 Å². The Morgan fingerprint density at radius 2 is 2.07 bits per heavy atom. The molecule has 0 spiro atoms. The number of fused-ring (bicyclic) bond motifs is 3. The van der Waals surface area contributed by atoms with Crippen LogP contribution in [0.3, 0.4) is 0 Å². The summed E-state index contributed by atoms with van der Waals surface area (Å²) in [6.45, 7) is 5.68. The number of nitrogens with two attached hydrogens (primary N) is 1. The molecule has 0 unspecified atom stereocenters. The zero-order chi connectivity index (χ0) is 19.8. The molecule has 1 amide bonds. The predicted octanol–water partition coefficient (Wildman–Crippen LogP) is 4.43. The third-order valence-electron chi connectivity index (χ3n) is 4.91. The number of H-pyrrole nitrogens is 1. The monoisotopic (exact) mass is 373 g/mol. The van der Waals surface area contributed by atoms with E-state index >= 15 is 4.39 Å². The van der Waals surface area contributed by atoms with Gasteiger partial charge in [-0.1, -0.05) is 24.8 Å². The topological polar surface area (TPSA) is 71.8 Å². The van der Waals surface area contributed by atoms with Gasteiger partial charge in [0.2, 0.25) is 5.91 Å². The molecule has 0 aliphatic carbocycles. The summed E-state index contributed by atoms with van der Waals surface area (Å²) in [6.07, 6.45) is 2.07. The summed E-state index contributed by atoms with van der Waals surface area (Å²) >= 11 is 0. The first kappa shape index (κ1) is 17.9. The standard InChI is InChI=1S/C23H20FN3O/c1-3-16-9-14(8-13(2)26-16)10-18-19(24)11-15(12-21(25)28)23-22(18)17-6-4-5-7-20(17)27-23/h3-9,11,27H,1,10,12H2,2H3,(H2,25,28). The Bertz CT molecular complexity index is 1240. The fourth-order valence-electron chi connectivity index (χ4n) is 3.81. The van der Waals surface area contributed by atoms with Gasteiger partial charge >= 0.3 is 0 Å². The number of hydrogen-bond acceptors (Lipinski definition) is 2. The summed E-state index contributed by atoms with van der Waals surface area (Å²) in [5.41, 5.74) is 10.8. The molecule has 0 aliphatic rings. The van der Waals surface area contributed by atoms with Crippen molar-refractivity contribution in [2.24, 2.45) is 5.73 Å². The predicted molar refractivity (Wildman–Crippen MR) is 111 cm³/mol. The minimum absolute atomic E-state index is 0.0184. The maximum absolute atomic E-state index is 15.2. The SMILES string of the molecule is C=Cc1cc(Cc2c(F)cc(CC(N)=O)c3[nH]c4ccccc4c23)cc(C)n1. The molecule has 0 aliphatic heterocycles. The molecule has 0 bridgehead atoms. The molecule has 0 saturated heterocycles. The first-order valence-corrected chi connectivity index (χ1v) is 9.05. The van der Waals surface area contributed by atoms with Crippen LogP contribution in [0.1, 0.15) is 28.1 Å². The molecule has 0 fully saturated rings. The highest BCUT2D eigenvalue weighted by atomic mass is 19.1. The lowest BCUT2D eigenvalue weighted by molar-refractivity contribution is -0.117. The lowest BCUT2D eigenvalue weighted by Gasteiger charge is -2.11. The third-order valence-corrected chi connectivity index (χ3v) is 4.91. The normalized spacial score (nSPS) is 11.2. The maximum atomic E-state index is 15.2. The zero-order valence-corrected chi connectivity index (χ0v) is 15.6. The lowest BCUT2D eigenvalue weighted by Crippen LogP contribution is -2.14. The largest absolute Gasteiger partial charge is 0.369 e. The van der Waals surface area contributed by atoms with Crippen LogP contribution in [0.25, 0.3) is 27.9 Å². The molecule has 0 atom stereocenters. The van der Waals surface area contributed by atoms with Crippen molar-refractivity contribution < 1.29 is 9.18 Å². The van der Waals surface area contributed by atoms with Gasteiger partial charge in [-0.15, -0.1) is 0 Å². The Morgan fingerprint density at radius 1 is 1.29 bits per heavy atom. The fourth-order valence-corrected chi connectivity index (χ4v) is 3.81. The number of amides is 1. The molecule has 28 heavy (non-hydrogen) atoms. The van der Waals surface area contributed by atoms with E-state index in [0.717, 1.165) is 38.8 Å². The van der Waals surface area contributed by atoms with Gasteiger partial charge < -0.3 is 10.7 Å². The van der Waals surface area contributed by atoms with Crippen LogP contribution in [0.4, 0.5) is 4.39 Å². The Balaban J connectivity index is 1.98. The summed E-state index contributed by atoms with van der Waals surface area (Å²) in [4.78, 5) is 19.2. The molecule has 4 rings (SSSR count). The molecular formula is C23H20FN3O. The molecule has 5 heteroatoms. The highest BCUT2D eigenvalue weighted by Gasteiger charge is 2.18. The number of rotatable bonds is 5. The second-order valence-electron chi connectivity index (χ2n) is 6.98. The number of para-hydroxylation sites is 1. The summed E-state index contributed by atoms with van der Waals surface area (Å²) < 4.78 is 15.2. The van der Waals surface area contributed by atoms with E-state index < -0.39 is 5.91 Å². The van der Waals surface area contributed by atoms with Crippen LogP contribution in [0.2, 0.25) is 0 Å². The van der Waals surface area contributed by atoms with Gasteiger partial charge in [0.1, 0.15) is 5.82 Å². The van der Waals surface area contributed by atoms with Crippen molar-refractivity contribution >= 4 is 33.8 Å². The number of primary amides is 1. The maximum Gasteiger partial charge on any atom is 0.221 e. The summed E-state index contributed by atoms with van der Waals surface area (Å²) in [5.74, 6) is -0.837. The van der Waals surface area contributed by atoms with Gasteiger partial charge in [0.25, 0.3) is 0 Å². The number of aryl methyl sites for hydroxylation is 1. The first-order chi connectivity index (χ1) is 13.5. The highest BCUT2D eigenvalue weighted by Crippen LogP contribution is 2.34. The first-order valence-electron chi connectivity index (χ1n) is 9.05. The number of pyridine rings is 1. The van der Waals surface area contributed by atoms with Crippen molar-refractivity contribution in [2.75, 3.05) is 0 Å². The van der Waals surface area contributed by atoms with Crippen LogP contribution in [-0.2, 0) is 17.6 Å². The number of hydrogen-bond donors (Lipinski definition) is 2. The Labute approximate surface area is 161 Å². The van der Waals surface area contributed by atoms with E-state index in [1.165, 1.54) is 6.07 Å². The number of carbonyl (C=O) groups is 1. The Kier molecular flexibility index (Phi) is 4.43. The van der Waals surface area contributed by atoms with E-state index in [4.69, 9.17) is 5.73 Å². The molecule has 2 heterocycles. The lowest BCUT2D eigenvalue weighted by atomic mass is 9.95. The van der Waals surface area contributed by atoms with Gasteiger partial charge in [0, 0.05) is 34.0 Å². The average molecular weight is 373 g/mol. The minimum atomic E-state index is -0.493. The van der Waals surface area contributed by atoms with Crippen molar-refractivity contribution in [3.63, 3.8) is 0 Å². The van der Waals surface area contributed by atoms with Crippen LogP contribution < -0.4 is 5.73 Å². The van der Waals surface area contributed by atoms with Crippen molar-refractivity contribution in [3.05, 3.63) is 82.9 Å². The van der Waals surface area contributed by atoms with Gasteiger partial charge in [0.15, 0.2) is 0 Å². The molecular weight excluding hydrogens is 353 g/mol. The second-order valence-corrected chi connectivity index (χ2v) is 6.98. The Hall–Kier alpha value is -3.47. The number of aromatic nitrogens is 2. The average Bonchev–Trinajstić information content (AvgIpc) is 3.04. The van der Waals surface area contributed by atoms with Crippen molar-refractivity contribution in [1.29, 1.82) is 0 Å². The van der Waals surface area contributed by atoms with E-state index in [1.54, 1.807) is 6.08 Å². The van der Waals surface area contributed by atoms with Crippen LogP contribution in [0.5, 0.6) is 0 Å². The number of benzene rings is 2. The molecule has 4 nitrogen and oxygen atoms in total. The summed E-state index contributed by atoms with van der Waals surface area (Å²) in [5, 5.41) is 1.72. The Morgan fingerprint density at radius 3 is 2.82 bits per heavy atom. The summed E-state index contributed by atoms with van der Waals surface area (Å²) in [6, 6.07) is 13.0. The van der Waals surface area contributed by atoms with E-state index in [-0.39, 0.29) is 12.2 Å². The van der Waals surface area contributed by atoms with Crippen LogP contribution >= 0.6 is 0 Å². The quantitative estimate of drug-likeness (QED) is 0.543. The molecule has 4 aromatic rings. The van der Waals surface area contributed by atoms with Gasteiger partial charge in [-0.25, -0.2) is 4.39 Å². The number of nitrogens with zero attached hydrogens (tertiary/aromatic N) is 1. The molecule has 3 N–H and O–H groups in total. The minimum Gasteiger partial charge on any atom is -0.369 e. The number of nitrogens with one attached hydrogen (secondary N) is 1. The van der Waals surface area contributed by atoms with E-state index in [0.29, 0.717) is 17.5 Å². The molecule has 2 aromatic carbocycles. The smallest absolute Gasteiger partial charge is 0.221 e. The van der Waals surface area contributed by atoms with Gasteiger partial charge in [-0.05, 0) is 48.4 Å². The number of halogens is 1. The van der Waals surface area contributed by atoms with Gasteiger partial charge in [-0.3, -0.25) is 9.78 Å². The highest BCUT2D eigenvalue weighted by molar-refractivity contribution is 6.10. The molecule has 140 valence electrons. The van der Waals surface area contributed by atoms with Crippen molar-refractivity contribution in [1.82, 2.24) is 9.97 Å². The van der Waals surface area contributed by atoms with E-state index in [9.17, 15) is 4.79 Å².